The molecular weight excluding hydrogens is 269 g/mol. The first-order valence-corrected chi connectivity index (χ1v) is 7.29. The number of aromatic nitrogens is 2. The van der Waals surface area contributed by atoms with Crippen molar-refractivity contribution in [2.75, 3.05) is 6.54 Å². The van der Waals surface area contributed by atoms with Gasteiger partial charge in [-0.1, -0.05) is 12.1 Å². The van der Waals surface area contributed by atoms with Crippen molar-refractivity contribution in [1.82, 2.24) is 14.7 Å². The van der Waals surface area contributed by atoms with Gasteiger partial charge in [0.2, 0.25) is 0 Å². The third-order valence-electron chi connectivity index (χ3n) is 3.93. The molecule has 21 heavy (non-hydrogen) atoms. The molecule has 1 fully saturated rings. The molecule has 1 aliphatic heterocycles. The van der Waals surface area contributed by atoms with E-state index < -0.39 is 0 Å². The third-order valence-corrected chi connectivity index (χ3v) is 3.93. The molecule has 4 nitrogen and oxygen atoms in total. The van der Waals surface area contributed by atoms with Gasteiger partial charge in [0.1, 0.15) is 11.5 Å². The number of amides is 1. The molecule has 5 heteroatoms. The molecule has 0 unspecified atom stereocenters. The van der Waals surface area contributed by atoms with E-state index in [4.69, 9.17) is 0 Å². The van der Waals surface area contributed by atoms with Gasteiger partial charge in [-0.15, -0.1) is 0 Å². The fourth-order valence-corrected chi connectivity index (χ4v) is 2.87. The Morgan fingerprint density at radius 3 is 3.00 bits per heavy atom. The van der Waals surface area contributed by atoms with E-state index in [0.29, 0.717) is 12.2 Å². The molecule has 1 atom stereocenters. The smallest absolute Gasteiger partial charge is 0.274 e. The summed E-state index contributed by atoms with van der Waals surface area (Å²) in [6.07, 6.45) is 3.60. The number of rotatable bonds is 3. The molecule has 1 amide bonds. The van der Waals surface area contributed by atoms with Gasteiger partial charge in [0, 0.05) is 19.3 Å². The van der Waals surface area contributed by atoms with Crippen molar-refractivity contribution in [3.8, 4) is 0 Å². The van der Waals surface area contributed by atoms with Crippen LogP contribution in [0.2, 0.25) is 0 Å². The highest BCUT2D eigenvalue weighted by molar-refractivity contribution is 5.92. The zero-order valence-corrected chi connectivity index (χ0v) is 12.0. The van der Waals surface area contributed by atoms with E-state index in [2.05, 4.69) is 5.10 Å². The quantitative estimate of drug-likeness (QED) is 0.870. The predicted molar refractivity (Wildman–Crippen MR) is 77.3 cm³/mol. The molecular formula is C16H18FN3O. The summed E-state index contributed by atoms with van der Waals surface area (Å²) in [4.78, 5) is 14.4. The summed E-state index contributed by atoms with van der Waals surface area (Å²) in [5.41, 5.74) is 1.32. The molecule has 0 saturated carbocycles. The molecule has 2 heterocycles. The van der Waals surface area contributed by atoms with Crippen molar-refractivity contribution in [1.29, 1.82) is 0 Å². The van der Waals surface area contributed by atoms with E-state index in [1.54, 1.807) is 27.9 Å². The Morgan fingerprint density at radius 1 is 1.43 bits per heavy atom. The number of carbonyl (C=O) groups excluding carboxylic acids is 1. The van der Waals surface area contributed by atoms with Crippen LogP contribution >= 0.6 is 0 Å². The molecule has 0 bridgehead atoms. The molecule has 0 aliphatic carbocycles. The van der Waals surface area contributed by atoms with Crippen LogP contribution < -0.4 is 0 Å². The molecule has 0 N–H and O–H groups in total. The van der Waals surface area contributed by atoms with Gasteiger partial charge in [0.25, 0.3) is 5.91 Å². The summed E-state index contributed by atoms with van der Waals surface area (Å²) in [5, 5.41) is 4.27. The number of hydrogen-bond donors (Lipinski definition) is 0. The first kappa shape index (κ1) is 13.8. The van der Waals surface area contributed by atoms with Crippen LogP contribution in [0.3, 0.4) is 0 Å². The van der Waals surface area contributed by atoms with Crippen LogP contribution in [-0.4, -0.2) is 27.1 Å². The zero-order valence-electron chi connectivity index (χ0n) is 12.0. The van der Waals surface area contributed by atoms with Crippen LogP contribution in [0.1, 0.15) is 41.9 Å². The minimum absolute atomic E-state index is 0.0556. The Bertz CT molecular complexity index is 652. The molecule has 1 aromatic carbocycles. The second-order valence-electron chi connectivity index (χ2n) is 5.27. The lowest BCUT2D eigenvalue weighted by atomic mass is 10.0. The molecule has 110 valence electrons. The minimum Gasteiger partial charge on any atom is -0.330 e. The Labute approximate surface area is 123 Å². The standard InChI is InChI=1S/C16H18FN3O/c1-2-19-10-8-14(18-19)16(21)20-9-4-7-15(20)12-5-3-6-13(17)11-12/h3,5-6,8,10-11,15H,2,4,7,9H2,1H3/t15-/m0/s1. The maximum absolute atomic E-state index is 13.4. The average Bonchev–Trinajstić information content (AvgIpc) is 3.15. The van der Waals surface area contributed by atoms with Gasteiger partial charge >= 0.3 is 0 Å². The fourth-order valence-electron chi connectivity index (χ4n) is 2.87. The summed E-state index contributed by atoms with van der Waals surface area (Å²) in [7, 11) is 0. The maximum atomic E-state index is 13.4. The fraction of sp³-hybridized carbons (Fsp3) is 0.375. The molecule has 1 aliphatic rings. The largest absolute Gasteiger partial charge is 0.330 e. The van der Waals surface area contributed by atoms with E-state index in [1.165, 1.54) is 12.1 Å². The molecule has 0 spiro atoms. The van der Waals surface area contributed by atoms with Crippen LogP contribution in [0, 0.1) is 5.82 Å². The summed E-state index contributed by atoms with van der Waals surface area (Å²) in [6, 6.07) is 8.20. The lowest BCUT2D eigenvalue weighted by molar-refractivity contribution is 0.0728. The van der Waals surface area contributed by atoms with Crippen LogP contribution in [-0.2, 0) is 6.54 Å². The summed E-state index contributed by atoms with van der Waals surface area (Å²) in [5.74, 6) is -0.337. The van der Waals surface area contributed by atoms with Crippen LogP contribution in [0.15, 0.2) is 36.5 Å². The van der Waals surface area contributed by atoms with Crippen molar-refractivity contribution in [2.24, 2.45) is 0 Å². The lowest BCUT2D eigenvalue weighted by Gasteiger charge is -2.24. The SMILES string of the molecule is CCn1ccc(C(=O)N2CCC[C@H]2c2cccc(F)c2)n1. The van der Waals surface area contributed by atoms with Gasteiger partial charge < -0.3 is 4.90 Å². The van der Waals surface area contributed by atoms with Gasteiger partial charge in [0.05, 0.1) is 6.04 Å². The highest BCUT2D eigenvalue weighted by atomic mass is 19.1. The van der Waals surface area contributed by atoms with Gasteiger partial charge in [-0.2, -0.15) is 5.10 Å². The number of nitrogens with zero attached hydrogens (tertiary/aromatic N) is 3. The minimum atomic E-state index is -0.262. The monoisotopic (exact) mass is 287 g/mol. The van der Waals surface area contributed by atoms with Crippen molar-refractivity contribution in [2.45, 2.75) is 32.4 Å². The highest BCUT2D eigenvalue weighted by Gasteiger charge is 2.31. The van der Waals surface area contributed by atoms with E-state index in [-0.39, 0.29) is 17.8 Å². The molecule has 2 aromatic rings. The molecule has 1 saturated heterocycles. The average molecular weight is 287 g/mol. The summed E-state index contributed by atoms with van der Waals surface area (Å²) < 4.78 is 15.1. The van der Waals surface area contributed by atoms with E-state index in [1.807, 2.05) is 13.0 Å². The zero-order chi connectivity index (χ0) is 14.8. The van der Waals surface area contributed by atoms with Crippen LogP contribution in [0.5, 0.6) is 0 Å². The Hall–Kier alpha value is -2.17. The molecule has 1 aromatic heterocycles. The molecule has 3 rings (SSSR count). The first-order valence-electron chi connectivity index (χ1n) is 7.29. The Morgan fingerprint density at radius 2 is 2.29 bits per heavy atom. The van der Waals surface area contributed by atoms with E-state index in [0.717, 1.165) is 24.9 Å². The number of benzene rings is 1. The van der Waals surface area contributed by atoms with Crippen molar-refractivity contribution >= 4 is 5.91 Å². The van der Waals surface area contributed by atoms with Gasteiger partial charge in [0.15, 0.2) is 0 Å². The Balaban J connectivity index is 1.85. The van der Waals surface area contributed by atoms with Crippen molar-refractivity contribution < 1.29 is 9.18 Å². The van der Waals surface area contributed by atoms with E-state index in [9.17, 15) is 9.18 Å². The predicted octanol–water partition coefficient (Wildman–Crippen LogP) is 3.02. The maximum Gasteiger partial charge on any atom is 0.274 e. The lowest BCUT2D eigenvalue weighted by Crippen LogP contribution is -2.31. The van der Waals surface area contributed by atoms with E-state index >= 15 is 0 Å². The van der Waals surface area contributed by atoms with Gasteiger partial charge in [-0.25, -0.2) is 4.39 Å². The second-order valence-corrected chi connectivity index (χ2v) is 5.27. The third kappa shape index (κ3) is 2.68. The normalized spacial score (nSPS) is 18.2. The number of aryl methyl sites for hydroxylation is 1. The van der Waals surface area contributed by atoms with Crippen molar-refractivity contribution in [3.05, 3.63) is 53.6 Å². The summed E-state index contributed by atoms with van der Waals surface area (Å²) in [6.45, 7) is 3.41. The summed E-state index contributed by atoms with van der Waals surface area (Å²) >= 11 is 0. The van der Waals surface area contributed by atoms with Crippen LogP contribution in [0.25, 0.3) is 0 Å². The highest BCUT2D eigenvalue weighted by Crippen LogP contribution is 2.33. The van der Waals surface area contributed by atoms with Gasteiger partial charge in [-0.05, 0) is 43.5 Å². The Kier molecular flexibility index (Phi) is 3.73. The number of carbonyl (C=O) groups is 1. The van der Waals surface area contributed by atoms with Crippen molar-refractivity contribution in [3.63, 3.8) is 0 Å². The number of halogens is 1. The first-order chi connectivity index (χ1) is 10.2. The topological polar surface area (TPSA) is 38.1 Å². The number of hydrogen-bond acceptors (Lipinski definition) is 2. The van der Waals surface area contributed by atoms with Crippen LogP contribution in [0.4, 0.5) is 4.39 Å². The second kappa shape index (κ2) is 5.68. The molecule has 0 radical (unpaired) electrons. The number of likely N-dealkylation sites (tertiary alicyclic amines) is 1. The van der Waals surface area contributed by atoms with Gasteiger partial charge in [-0.3, -0.25) is 9.48 Å².